The first-order valence-electron chi connectivity index (χ1n) is 10.9. The molecule has 2 N–H and O–H groups in total. The molecule has 0 unspecified atom stereocenters. The fourth-order valence-electron chi connectivity index (χ4n) is 3.93. The molecule has 5 nitrogen and oxygen atoms in total. The summed E-state index contributed by atoms with van der Waals surface area (Å²) in [6, 6.07) is 22.0. The van der Waals surface area contributed by atoms with Crippen molar-refractivity contribution < 1.29 is 9.59 Å². The molecule has 0 saturated carbocycles. The molecule has 0 fully saturated rings. The maximum atomic E-state index is 12.6. The van der Waals surface area contributed by atoms with Crippen molar-refractivity contribution >= 4 is 56.8 Å². The van der Waals surface area contributed by atoms with Gasteiger partial charge in [0.1, 0.15) is 0 Å². The van der Waals surface area contributed by atoms with Crippen molar-refractivity contribution in [2.75, 3.05) is 16.4 Å². The van der Waals surface area contributed by atoms with Crippen LogP contribution in [0.3, 0.4) is 0 Å². The molecule has 0 aliphatic heterocycles. The van der Waals surface area contributed by atoms with E-state index in [0.29, 0.717) is 12.2 Å². The molecule has 0 radical (unpaired) electrons. The van der Waals surface area contributed by atoms with E-state index in [2.05, 4.69) is 52.5 Å². The molecule has 32 heavy (non-hydrogen) atoms. The first-order chi connectivity index (χ1) is 15.6. The Morgan fingerprint density at radius 1 is 0.812 bits per heavy atom. The summed E-state index contributed by atoms with van der Waals surface area (Å²) in [5, 5.41) is 8.25. The van der Waals surface area contributed by atoms with E-state index in [-0.39, 0.29) is 11.8 Å². The molecule has 4 rings (SSSR count). The number of carbonyl (C=O) groups excluding carboxylic acids is 2. The fraction of sp³-hybridized carbons (Fsp3) is 0.231. The lowest BCUT2D eigenvalue weighted by Gasteiger charge is -2.08. The predicted molar refractivity (Wildman–Crippen MR) is 134 cm³/mol. The van der Waals surface area contributed by atoms with Gasteiger partial charge in [-0.25, -0.2) is 0 Å². The monoisotopic (exact) mass is 445 g/mol. The van der Waals surface area contributed by atoms with Crippen LogP contribution in [0.2, 0.25) is 0 Å². The number of nitrogens with one attached hydrogen (secondary N) is 2. The van der Waals surface area contributed by atoms with Gasteiger partial charge in [0.05, 0.1) is 5.75 Å². The van der Waals surface area contributed by atoms with Crippen LogP contribution in [0.4, 0.5) is 11.4 Å². The predicted octanol–water partition coefficient (Wildman–Crippen LogP) is 6.28. The Hall–Kier alpha value is -3.25. The highest BCUT2D eigenvalue weighted by Crippen LogP contribution is 2.31. The van der Waals surface area contributed by atoms with Gasteiger partial charge in [-0.2, -0.15) is 0 Å². The molecule has 0 aliphatic rings. The number of anilines is 2. The highest BCUT2D eigenvalue weighted by molar-refractivity contribution is 8.00. The Morgan fingerprint density at radius 2 is 1.56 bits per heavy atom. The topological polar surface area (TPSA) is 63.1 Å². The average molecular weight is 446 g/mol. The van der Waals surface area contributed by atoms with Crippen molar-refractivity contribution in [1.29, 1.82) is 0 Å². The highest BCUT2D eigenvalue weighted by Gasteiger charge is 2.11. The van der Waals surface area contributed by atoms with Gasteiger partial charge in [-0.3, -0.25) is 9.59 Å². The molecular weight excluding hydrogens is 418 g/mol. The second-order valence-electron chi connectivity index (χ2n) is 7.66. The lowest BCUT2D eigenvalue weighted by Crippen LogP contribution is -2.14. The molecule has 0 saturated heterocycles. The first kappa shape index (κ1) is 22.0. The highest BCUT2D eigenvalue weighted by atomic mass is 32.2. The van der Waals surface area contributed by atoms with Gasteiger partial charge in [-0.15, -0.1) is 11.8 Å². The summed E-state index contributed by atoms with van der Waals surface area (Å²) in [4.78, 5) is 25.3. The van der Waals surface area contributed by atoms with Crippen molar-refractivity contribution in [1.82, 2.24) is 4.57 Å². The number of rotatable bonds is 8. The molecule has 2 amide bonds. The normalized spacial score (nSPS) is 11.1. The number of aryl methyl sites for hydroxylation is 1. The van der Waals surface area contributed by atoms with E-state index in [1.807, 2.05) is 43.3 Å². The van der Waals surface area contributed by atoms with Crippen molar-refractivity contribution in [2.45, 2.75) is 38.1 Å². The third-order valence-electron chi connectivity index (χ3n) is 5.34. The minimum atomic E-state index is -0.0611. The number of nitrogens with zero attached hydrogens (tertiary/aromatic N) is 1. The van der Waals surface area contributed by atoms with Crippen LogP contribution in [-0.4, -0.2) is 22.1 Å². The van der Waals surface area contributed by atoms with Crippen LogP contribution in [0.25, 0.3) is 21.8 Å². The molecule has 1 aromatic heterocycles. The van der Waals surface area contributed by atoms with Crippen LogP contribution in [0.1, 0.15) is 26.7 Å². The molecule has 0 aliphatic carbocycles. The fourth-order valence-corrected chi connectivity index (χ4v) is 4.69. The molecule has 0 bridgehead atoms. The van der Waals surface area contributed by atoms with Crippen molar-refractivity contribution in [3.05, 3.63) is 66.7 Å². The molecule has 0 spiro atoms. The minimum absolute atomic E-state index is 0.00668. The van der Waals surface area contributed by atoms with Gasteiger partial charge >= 0.3 is 0 Å². The van der Waals surface area contributed by atoms with Crippen LogP contribution < -0.4 is 10.6 Å². The number of aromatic nitrogens is 1. The zero-order valence-electron chi connectivity index (χ0n) is 18.4. The van der Waals surface area contributed by atoms with E-state index in [1.165, 1.54) is 28.2 Å². The molecule has 0 atom stereocenters. The van der Waals surface area contributed by atoms with Gasteiger partial charge in [-0.1, -0.05) is 31.2 Å². The molecule has 164 valence electrons. The first-order valence-corrected chi connectivity index (χ1v) is 11.9. The summed E-state index contributed by atoms with van der Waals surface area (Å²) >= 11 is 1.45. The van der Waals surface area contributed by atoms with E-state index in [4.69, 9.17) is 0 Å². The molecular formula is C26H27N3O2S. The molecule has 6 heteroatoms. The van der Waals surface area contributed by atoms with E-state index in [1.54, 1.807) is 0 Å². The number of benzene rings is 3. The summed E-state index contributed by atoms with van der Waals surface area (Å²) in [7, 11) is 0. The third-order valence-corrected chi connectivity index (χ3v) is 6.33. The Bertz CT molecular complexity index is 1280. The quantitative estimate of drug-likeness (QED) is 0.314. The van der Waals surface area contributed by atoms with Crippen LogP contribution in [-0.2, 0) is 16.1 Å². The zero-order valence-corrected chi connectivity index (χ0v) is 19.2. The summed E-state index contributed by atoms with van der Waals surface area (Å²) in [5.41, 5.74) is 3.92. The summed E-state index contributed by atoms with van der Waals surface area (Å²) in [6.45, 7) is 5.01. The van der Waals surface area contributed by atoms with Crippen LogP contribution in [0.5, 0.6) is 0 Å². The molecule has 4 aromatic rings. The number of carbonyl (C=O) groups is 2. The SMILES string of the molecule is CCCC(=O)Nc1cccc(SCC(=O)Nc2ccc3c(c2)c2ccccc2n3CC)c1. The van der Waals surface area contributed by atoms with Crippen LogP contribution in [0.15, 0.2) is 71.6 Å². The van der Waals surface area contributed by atoms with Crippen LogP contribution in [0, 0.1) is 0 Å². The summed E-state index contributed by atoms with van der Waals surface area (Å²) < 4.78 is 2.29. The second kappa shape index (κ2) is 9.92. The van der Waals surface area contributed by atoms with Gasteiger partial charge in [0, 0.05) is 51.0 Å². The maximum Gasteiger partial charge on any atom is 0.234 e. The number of amides is 2. The maximum absolute atomic E-state index is 12.6. The minimum Gasteiger partial charge on any atom is -0.341 e. The Balaban J connectivity index is 1.43. The number of fused-ring (bicyclic) bond motifs is 3. The van der Waals surface area contributed by atoms with Gasteiger partial charge in [-0.05, 0) is 55.8 Å². The summed E-state index contributed by atoms with van der Waals surface area (Å²) in [6.07, 6.45) is 1.31. The van der Waals surface area contributed by atoms with Gasteiger partial charge in [0.15, 0.2) is 0 Å². The van der Waals surface area contributed by atoms with E-state index < -0.39 is 0 Å². The molecule has 3 aromatic carbocycles. The second-order valence-corrected chi connectivity index (χ2v) is 8.70. The van der Waals surface area contributed by atoms with Gasteiger partial charge in [0.25, 0.3) is 0 Å². The van der Waals surface area contributed by atoms with E-state index >= 15 is 0 Å². The van der Waals surface area contributed by atoms with Crippen LogP contribution >= 0.6 is 11.8 Å². The lowest BCUT2D eigenvalue weighted by molar-refractivity contribution is -0.116. The Labute approximate surface area is 192 Å². The Morgan fingerprint density at radius 3 is 2.38 bits per heavy atom. The number of hydrogen-bond donors (Lipinski definition) is 2. The van der Waals surface area contributed by atoms with E-state index in [9.17, 15) is 9.59 Å². The van der Waals surface area contributed by atoms with Crippen molar-refractivity contribution in [3.63, 3.8) is 0 Å². The molecule has 1 heterocycles. The van der Waals surface area contributed by atoms with Gasteiger partial charge in [0.2, 0.25) is 11.8 Å². The summed E-state index contributed by atoms with van der Waals surface area (Å²) in [5.74, 6) is 0.238. The average Bonchev–Trinajstić information content (AvgIpc) is 3.11. The van der Waals surface area contributed by atoms with Crippen molar-refractivity contribution in [3.8, 4) is 0 Å². The zero-order chi connectivity index (χ0) is 22.5. The lowest BCUT2D eigenvalue weighted by atomic mass is 10.1. The number of para-hydroxylation sites is 1. The van der Waals surface area contributed by atoms with E-state index in [0.717, 1.165) is 34.6 Å². The standard InChI is InChI=1S/C26H27N3O2S/c1-3-8-25(30)27-18-9-7-10-20(15-18)32-17-26(31)28-19-13-14-24-22(16-19)21-11-5-6-12-23(21)29(24)4-2/h5-7,9-16H,3-4,8,17H2,1-2H3,(H,27,30)(H,28,31). The Kier molecular flexibility index (Phi) is 6.81. The number of thioether (sulfide) groups is 1. The largest absolute Gasteiger partial charge is 0.341 e. The smallest absolute Gasteiger partial charge is 0.234 e. The third kappa shape index (κ3) is 4.81. The van der Waals surface area contributed by atoms with Crippen molar-refractivity contribution in [2.24, 2.45) is 0 Å². The number of hydrogen-bond acceptors (Lipinski definition) is 3. The van der Waals surface area contributed by atoms with Gasteiger partial charge < -0.3 is 15.2 Å².